The van der Waals surface area contributed by atoms with Crippen LogP contribution >= 0.6 is 24.0 Å². The van der Waals surface area contributed by atoms with E-state index in [4.69, 9.17) is 16.3 Å². The summed E-state index contributed by atoms with van der Waals surface area (Å²) in [7, 11) is 0. The van der Waals surface area contributed by atoms with Crippen molar-refractivity contribution in [2.75, 3.05) is 10.2 Å². The van der Waals surface area contributed by atoms with Gasteiger partial charge in [-0.25, -0.2) is 0 Å². The largest absolute Gasteiger partial charge is 0.459 e. The van der Waals surface area contributed by atoms with Crippen LogP contribution in [0.4, 0.5) is 17.2 Å². The first-order valence-corrected chi connectivity index (χ1v) is 11.5. The zero-order valence-corrected chi connectivity index (χ0v) is 20.4. The lowest BCUT2D eigenvalue weighted by atomic mass is 9.95. The van der Waals surface area contributed by atoms with E-state index < -0.39 is 5.60 Å². The van der Waals surface area contributed by atoms with Crippen LogP contribution in [0.1, 0.15) is 31.4 Å². The molecule has 2 heterocycles. The quantitative estimate of drug-likeness (QED) is 0.498. The molecule has 1 aromatic heterocycles. The lowest BCUT2D eigenvalue weighted by Gasteiger charge is -2.40. The third-order valence-electron chi connectivity index (χ3n) is 6.43. The van der Waals surface area contributed by atoms with E-state index in [0.717, 1.165) is 17.5 Å². The van der Waals surface area contributed by atoms with E-state index in [2.05, 4.69) is 10.3 Å². The number of hydrogen-bond donors (Lipinski definition) is 1. The highest BCUT2D eigenvalue weighted by atomic mass is 35.5. The molecular formula is C26H25Cl2N3O3. The predicted molar refractivity (Wildman–Crippen MR) is 135 cm³/mol. The van der Waals surface area contributed by atoms with Gasteiger partial charge in [-0.1, -0.05) is 49.7 Å². The molecule has 34 heavy (non-hydrogen) atoms. The normalized spacial score (nSPS) is 16.2. The molecule has 0 radical (unpaired) electrons. The summed E-state index contributed by atoms with van der Waals surface area (Å²) in [5.74, 6) is 0.335. The molecule has 6 nitrogen and oxygen atoms in total. The van der Waals surface area contributed by atoms with Crippen molar-refractivity contribution in [3.05, 3.63) is 76.8 Å². The van der Waals surface area contributed by atoms with E-state index >= 15 is 0 Å². The number of carbonyl (C=O) groups excluding carboxylic acids is 2. The summed E-state index contributed by atoms with van der Waals surface area (Å²) in [6.45, 7) is 3.83. The maximum atomic E-state index is 13.9. The number of nitrogens with zero attached hydrogens (tertiary/aromatic N) is 2. The maximum Gasteiger partial charge on any atom is 0.276 e. The Morgan fingerprint density at radius 3 is 2.38 bits per heavy atom. The molecule has 0 fully saturated rings. The number of amides is 2. The number of carbonyl (C=O) groups is 2. The van der Waals surface area contributed by atoms with Crippen LogP contribution in [-0.4, -0.2) is 22.4 Å². The molecule has 0 bridgehead atoms. The first kappa shape index (κ1) is 24.0. The van der Waals surface area contributed by atoms with Crippen molar-refractivity contribution in [1.29, 1.82) is 0 Å². The van der Waals surface area contributed by atoms with E-state index in [0.29, 0.717) is 40.9 Å². The zero-order chi connectivity index (χ0) is 23.2. The van der Waals surface area contributed by atoms with E-state index in [1.54, 1.807) is 29.2 Å². The predicted octanol–water partition coefficient (Wildman–Crippen LogP) is 5.74. The Kier molecular flexibility index (Phi) is 6.56. The SMILES string of the molecule is CC[C@@H](C)C(=O)Nc1ccc2c(n1)OC1(Cc3ccccc3C1)C(=O)N2c1ccc(Cl)cc1.Cl. The lowest BCUT2D eigenvalue weighted by molar-refractivity contribution is -0.134. The third-order valence-corrected chi connectivity index (χ3v) is 6.68. The van der Waals surface area contributed by atoms with Crippen LogP contribution in [0.2, 0.25) is 5.02 Å². The van der Waals surface area contributed by atoms with Crippen LogP contribution in [0.25, 0.3) is 0 Å². The molecule has 0 saturated heterocycles. The van der Waals surface area contributed by atoms with E-state index in [-0.39, 0.29) is 30.1 Å². The van der Waals surface area contributed by atoms with Gasteiger partial charge >= 0.3 is 0 Å². The first-order chi connectivity index (χ1) is 15.9. The molecule has 1 spiro atoms. The zero-order valence-electron chi connectivity index (χ0n) is 18.9. The molecular weight excluding hydrogens is 473 g/mol. The van der Waals surface area contributed by atoms with Crippen molar-refractivity contribution in [3.63, 3.8) is 0 Å². The van der Waals surface area contributed by atoms with Crippen molar-refractivity contribution < 1.29 is 14.3 Å². The summed E-state index contributed by atoms with van der Waals surface area (Å²) in [6, 6.07) is 18.6. The standard InChI is InChI=1S/C26H24ClN3O3.ClH/c1-3-16(2)23(31)28-22-13-12-21-24(29-22)33-26(14-17-6-4-5-7-18(17)15-26)25(32)30(21)20-10-8-19(27)9-11-20;/h4-13,16H,3,14-15H2,1-2H3,(H,28,29,31);1H/t16-;/m1./s1. The number of aromatic nitrogens is 1. The Balaban J connectivity index is 0.00000274. The van der Waals surface area contributed by atoms with Crippen molar-refractivity contribution in [3.8, 4) is 5.88 Å². The molecule has 0 saturated carbocycles. The second-order valence-electron chi connectivity index (χ2n) is 8.65. The van der Waals surface area contributed by atoms with Gasteiger partial charge in [0.05, 0.1) is 0 Å². The smallest absolute Gasteiger partial charge is 0.276 e. The van der Waals surface area contributed by atoms with Crippen LogP contribution in [0.5, 0.6) is 5.88 Å². The van der Waals surface area contributed by atoms with Gasteiger partial charge in [0.1, 0.15) is 11.5 Å². The Hall–Kier alpha value is -3.09. The van der Waals surface area contributed by atoms with Crippen LogP contribution in [0.15, 0.2) is 60.7 Å². The Labute approximate surface area is 209 Å². The van der Waals surface area contributed by atoms with Gasteiger partial charge in [0.25, 0.3) is 5.91 Å². The molecule has 2 amide bonds. The number of benzene rings is 2. The Bertz CT molecular complexity index is 1220. The average Bonchev–Trinajstić information content (AvgIpc) is 3.19. The highest BCUT2D eigenvalue weighted by molar-refractivity contribution is 6.30. The molecule has 1 aliphatic heterocycles. The number of fused-ring (bicyclic) bond motifs is 2. The molecule has 2 aliphatic rings. The van der Waals surface area contributed by atoms with E-state index in [1.807, 2.05) is 50.2 Å². The molecule has 1 aliphatic carbocycles. The second-order valence-corrected chi connectivity index (χ2v) is 9.09. The van der Waals surface area contributed by atoms with E-state index in [9.17, 15) is 9.59 Å². The molecule has 1 N–H and O–H groups in total. The van der Waals surface area contributed by atoms with Gasteiger partial charge < -0.3 is 10.1 Å². The molecule has 0 unspecified atom stereocenters. The van der Waals surface area contributed by atoms with Crippen molar-refractivity contribution in [2.24, 2.45) is 5.92 Å². The first-order valence-electron chi connectivity index (χ1n) is 11.1. The van der Waals surface area contributed by atoms with E-state index in [1.165, 1.54) is 0 Å². The number of halogens is 2. The van der Waals surface area contributed by atoms with Gasteiger partial charge in [-0.05, 0) is 53.9 Å². The van der Waals surface area contributed by atoms with Gasteiger partial charge in [-0.2, -0.15) is 4.98 Å². The highest BCUT2D eigenvalue weighted by Gasteiger charge is 2.53. The molecule has 1 atom stereocenters. The molecule has 3 aromatic rings. The average molecular weight is 498 g/mol. The summed E-state index contributed by atoms with van der Waals surface area (Å²) >= 11 is 6.09. The van der Waals surface area contributed by atoms with Crippen molar-refractivity contribution in [2.45, 2.75) is 38.7 Å². The topological polar surface area (TPSA) is 71.5 Å². The van der Waals surface area contributed by atoms with Gasteiger partial charge in [-0.15, -0.1) is 12.4 Å². The van der Waals surface area contributed by atoms with Crippen molar-refractivity contribution >= 4 is 53.0 Å². The highest BCUT2D eigenvalue weighted by Crippen LogP contribution is 2.46. The number of ether oxygens (including phenoxy) is 1. The summed E-state index contributed by atoms with van der Waals surface area (Å²) in [4.78, 5) is 32.6. The van der Waals surface area contributed by atoms with Gasteiger partial charge in [0.2, 0.25) is 11.8 Å². The summed E-state index contributed by atoms with van der Waals surface area (Å²) in [5, 5.41) is 3.45. The molecule has 8 heteroatoms. The molecule has 2 aromatic carbocycles. The summed E-state index contributed by atoms with van der Waals surface area (Å²) in [6.07, 6.45) is 1.64. The summed E-state index contributed by atoms with van der Waals surface area (Å²) < 4.78 is 6.38. The Morgan fingerprint density at radius 1 is 1.12 bits per heavy atom. The fraction of sp³-hybridized carbons (Fsp3) is 0.269. The Morgan fingerprint density at radius 2 is 1.76 bits per heavy atom. The maximum absolute atomic E-state index is 13.9. The minimum atomic E-state index is -1.09. The minimum absolute atomic E-state index is 0. The number of pyridine rings is 1. The van der Waals surface area contributed by atoms with Gasteiger partial charge in [-0.3, -0.25) is 14.5 Å². The van der Waals surface area contributed by atoms with Crippen LogP contribution in [0.3, 0.4) is 0 Å². The number of anilines is 3. The summed E-state index contributed by atoms with van der Waals surface area (Å²) in [5.41, 5.74) is 2.30. The second kappa shape index (κ2) is 9.28. The van der Waals surface area contributed by atoms with Crippen LogP contribution < -0.4 is 15.0 Å². The van der Waals surface area contributed by atoms with Crippen LogP contribution in [0, 0.1) is 5.92 Å². The fourth-order valence-electron chi connectivity index (χ4n) is 4.37. The molecule has 5 rings (SSSR count). The minimum Gasteiger partial charge on any atom is -0.459 e. The number of nitrogens with one attached hydrogen (secondary N) is 1. The van der Waals surface area contributed by atoms with Gasteiger partial charge in [0, 0.05) is 29.5 Å². The lowest BCUT2D eigenvalue weighted by Crippen LogP contribution is -2.55. The monoisotopic (exact) mass is 497 g/mol. The van der Waals surface area contributed by atoms with Gasteiger partial charge in [0.15, 0.2) is 5.60 Å². The van der Waals surface area contributed by atoms with Crippen molar-refractivity contribution in [1.82, 2.24) is 4.98 Å². The number of hydrogen-bond acceptors (Lipinski definition) is 4. The molecule has 176 valence electrons. The number of rotatable bonds is 4. The third kappa shape index (κ3) is 4.12. The fourth-order valence-corrected chi connectivity index (χ4v) is 4.50. The van der Waals surface area contributed by atoms with Crippen LogP contribution in [-0.2, 0) is 22.4 Å².